The maximum absolute atomic E-state index is 5.94. The van der Waals surface area contributed by atoms with E-state index in [9.17, 15) is 0 Å². The van der Waals surface area contributed by atoms with E-state index in [1.165, 1.54) is 11.1 Å². The predicted molar refractivity (Wildman–Crippen MR) is 79.5 cm³/mol. The van der Waals surface area contributed by atoms with Gasteiger partial charge in [-0.3, -0.25) is 0 Å². The fourth-order valence-corrected chi connectivity index (χ4v) is 1.95. The lowest BCUT2D eigenvalue weighted by atomic mass is 10.1. The van der Waals surface area contributed by atoms with Crippen LogP contribution in [-0.2, 0) is 9.47 Å². The second-order valence-electron chi connectivity index (χ2n) is 4.67. The lowest BCUT2D eigenvalue weighted by Crippen LogP contribution is -2.25. The summed E-state index contributed by atoms with van der Waals surface area (Å²) in [5.41, 5.74) is 2.51. The number of benzene rings is 1. The molecule has 0 heterocycles. The Hall–Kier alpha value is -0.900. The fraction of sp³-hybridized carbons (Fsp3) is 0.625. The van der Waals surface area contributed by atoms with Gasteiger partial charge in [0.05, 0.1) is 19.3 Å². The van der Waals surface area contributed by atoms with Crippen LogP contribution in [0.3, 0.4) is 0 Å². The van der Waals surface area contributed by atoms with Crippen molar-refractivity contribution in [3.63, 3.8) is 0 Å². The third-order valence-electron chi connectivity index (χ3n) is 2.92. The van der Waals surface area contributed by atoms with Crippen molar-refractivity contribution in [2.45, 2.75) is 33.3 Å². The quantitative estimate of drug-likeness (QED) is 0.659. The molecule has 0 aliphatic carbocycles. The minimum absolute atomic E-state index is 0.104. The van der Waals surface area contributed by atoms with Gasteiger partial charge in [0.1, 0.15) is 0 Å². The molecule has 3 heteroatoms. The summed E-state index contributed by atoms with van der Waals surface area (Å²) in [5.74, 6) is 0. The third kappa shape index (κ3) is 6.71. The van der Waals surface area contributed by atoms with Crippen molar-refractivity contribution in [3.8, 4) is 0 Å². The van der Waals surface area contributed by atoms with E-state index in [1.807, 2.05) is 6.92 Å². The molecular weight excluding hydrogens is 238 g/mol. The molecule has 0 aliphatic heterocycles. The molecule has 0 bridgehead atoms. The Kier molecular flexibility index (Phi) is 8.47. The van der Waals surface area contributed by atoms with Gasteiger partial charge in [-0.05, 0) is 32.4 Å². The molecule has 0 aromatic heterocycles. The zero-order valence-corrected chi connectivity index (χ0v) is 12.4. The Morgan fingerprint density at radius 2 is 2.05 bits per heavy atom. The zero-order chi connectivity index (χ0) is 13.9. The Balaban J connectivity index is 2.52. The normalized spacial score (nSPS) is 12.6. The molecule has 1 aromatic rings. The molecule has 0 aliphatic rings. The van der Waals surface area contributed by atoms with Gasteiger partial charge in [-0.15, -0.1) is 0 Å². The Labute approximate surface area is 117 Å². The number of rotatable bonds is 10. The largest absolute Gasteiger partial charge is 0.379 e. The molecule has 3 nitrogen and oxygen atoms in total. The van der Waals surface area contributed by atoms with Gasteiger partial charge in [0, 0.05) is 13.2 Å². The SMILES string of the molecule is CCCNCC(OCCOCC)c1cccc(C)c1. The van der Waals surface area contributed by atoms with Crippen LogP contribution in [0.1, 0.15) is 37.5 Å². The summed E-state index contributed by atoms with van der Waals surface area (Å²) in [6, 6.07) is 8.52. The maximum atomic E-state index is 5.94. The van der Waals surface area contributed by atoms with Crippen LogP contribution in [0, 0.1) is 6.92 Å². The lowest BCUT2D eigenvalue weighted by Gasteiger charge is -2.19. The van der Waals surface area contributed by atoms with Crippen molar-refractivity contribution in [2.75, 3.05) is 32.9 Å². The third-order valence-corrected chi connectivity index (χ3v) is 2.92. The van der Waals surface area contributed by atoms with E-state index in [1.54, 1.807) is 0 Å². The molecule has 108 valence electrons. The molecule has 19 heavy (non-hydrogen) atoms. The summed E-state index contributed by atoms with van der Waals surface area (Å²) in [6.45, 7) is 10.2. The van der Waals surface area contributed by atoms with Crippen molar-refractivity contribution in [1.29, 1.82) is 0 Å². The number of nitrogens with one attached hydrogen (secondary N) is 1. The number of ether oxygens (including phenoxy) is 2. The zero-order valence-electron chi connectivity index (χ0n) is 12.4. The number of aryl methyl sites for hydroxylation is 1. The Morgan fingerprint density at radius 1 is 1.21 bits per heavy atom. The van der Waals surface area contributed by atoms with Gasteiger partial charge in [0.25, 0.3) is 0 Å². The van der Waals surface area contributed by atoms with Gasteiger partial charge in [-0.25, -0.2) is 0 Å². The molecule has 0 saturated carbocycles. The standard InChI is InChI=1S/C16H27NO2/c1-4-9-17-13-16(19-11-10-18-5-2)15-8-6-7-14(3)12-15/h6-8,12,16-17H,4-5,9-11,13H2,1-3H3. The van der Waals surface area contributed by atoms with Gasteiger partial charge in [0.15, 0.2) is 0 Å². The molecule has 0 amide bonds. The first-order valence-electron chi connectivity index (χ1n) is 7.24. The minimum Gasteiger partial charge on any atom is -0.379 e. The van der Waals surface area contributed by atoms with E-state index in [0.29, 0.717) is 13.2 Å². The molecule has 0 fully saturated rings. The van der Waals surface area contributed by atoms with E-state index in [4.69, 9.17) is 9.47 Å². The number of hydrogen-bond donors (Lipinski definition) is 1. The van der Waals surface area contributed by atoms with Gasteiger partial charge in [0.2, 0.25) is 0 Å². The maximum Gasteiger partial charge on any atom is 0.0950 e. The van der Waals surface area contributed by atoms with Crippen molar-refractivity contribution in [2.24, 2.45) is 0 Å². The van der Waals surface area contributed by atoms with Crippen LogP contribution in [0.25, 0.3) is 0 Å². The van der Waals surface area contributed by atoms with Crippen LogP contribution < -0.4 is 5.32 Å². The van der Waals surface area contributed by atoms with E-state index < -0.39 is 0 Å². The van der Waals surface area contributed by atoms with Crippen LogP contribution >= 0.6 is 0 Å². The molecule has 1 atom stereocenters. The first-order valence-corrected chi connectivity index (χ1v) is 7.24. The van der Waals surface area contributed by atoms with Crippen LogP contribution in [0.2, 0.25) is 0 Å². The van der Waals surface area contributed by atoms with Crippen LogP contribution in [0.4, 0.5) is 0 Å². The van der Waals surface area contributed by atoms with E-state index in [-0.39, 0.29) is 6.10 Å². The highest BCUT2D eigenvalue weighted by molar-refractivity contribution is 5.24. The van der Waals surface area contributed by atoms with Crippen molar-refractivity contribution in [1.82, 2.24) is 5.32 Å². The summed E-state index contributed by atoms with van der Waals surface area (Å²) in [4.78, 5) is 0. The molecule has 1 unspecified atom stereocenters. The lowest BCUT2D eigenvalue weighted by molar-refractivity contribution is 0.00693. The molecule has 0 saturated heterocycles. The molecule has 1 rings (SSSR count). The summed E-state index contributed by atoms with van der Waals surface area (Å²) in [7, 11) is 0. The highest BCUT2D eigenvalue weighted by atomic mass is 16.5. The molecule has 0 radical (unpaired) electrons. The van der Waals surface area contributed by atoms with E-state index in [2.05, 4.69) is 43.4 Å². The predicted octanol–water partition coefficient (Wildman–Crippen LogP) is 3.09. The van der Waals surface area contributed by atoms with Gasteiger partial charge < -0.3 is 14.8 Å². The Morgan fingerprint density at radius 3 is 2.74 bits per heavy atom. The summed E-state index contributed by atoms with van der Waals surface area (Å²) >= 11 is 0. The first kappa shape index (κ1) is 16.2. The molecular formula is C16H27NO2. The summed E-state index contributed by atoms with van der Waals surface area (Å²) in [5, 5.41) is 3.43. The second-order valence-corrected chi connectivity index (χ2v) is 4.67. The molecule has 1 N–H and O–H groups in total. The van der Waals surface area contributed by atoms with E-state index in [0.717, 1.165) is 26.1 Å². The number of hydrogen-bond acceptors (Lipinski definition) is 3. The Bertz CT molecular complexity index is 341. The van der Waals surface area contributed by atoms with Gasteiger partial charge in [-0.1, -0.05) is 36.8 Å². The second kappa shape index (κ2) is 9.96. The average molecular weight is 265 g/mol. The van der Waals surface area contributed by atoms with Gasteiger partial charge in [-0.2, -0.15) is 0 Å². The molecule has 1 aromatic carbocycles. The highest BCUT2D eigenvalue weighted by Crippen LogP contribution is 2.17. The molecule has 0 spiro atoms. The van der Waals surface area contributed by atoms with E-state index >= 15 is 0 Å². The topological polar surface area (TPSA) is 30.5 Å². The summed E-state index contributed by atoms with van der Waals surface area (Å²) < 4.78 is 11.3. The van der Waals surface area contributed by atoms with Crippen LogP contribution in [0.5, 0.6) is 0 Å². The monoisotopic (exact) mass is 265 g/mol. The highest BCUT2D eigenvalue weighted by Gasteiger charge is 2.11. The first-order chi connectivity index (χ1) is 9.27. The minimum atomic E-state index is 0.104. The van der Waals surface area contributed by atoms with Crippen molar-refractivity contribution >= 4 is 0 Å². The smallest absolute Gasteiger partial charge is 0.0950 e. The van der Waals surface area contributed by atoms with Crippen LogP contribution in [-0.4, -0.2) is 32.9 Å². The van der Waals surface area contributed by atoms with Crippen molar-refractivity contribution < 1.29 is 9.47 Å². The average Bonchev–Trinajstić information content (AvgIpc) is 2.41. The van der Waals surface area contributed by atoms with Crippen molar-refractivity contribution in [3.05, 3.63) is 35.4 Å². The fourth-order valence-electron chi connectivity index (χ4n) is 1.95. The van der Waals surface area contributed by atoms with Gasteiger partial charge >= 0.3 is 0 Å². The summed E-state index contributed by atoms with van der Waals surface area (Å²) in [6.07, 6.45) is 1.24. The van der Waals surface area contributed by atoms with Crippen LogP contribution in [0.15, 0.2) is 24.3 Å².